The molecule has 1 fully saturated rings. The number of nitrogens with zero attached hydrogens (tertiary/aromatic N) is 1. The molecule has 0 bridgehead atoms. The number of carbonyl (C=O) groups excluding carboxylic acids is 2. The molecule has 2 N–H and O–H groups in total. The largest absolute Gasteiger partial charge is 0.454 e. The van der Waals surface area contributed by atoms with Crippen molar-refractivity contribution in [2.45, 2.75) is 37.9 Å². The van der Waals surface area contributed by atoms with Gasteiger partial charge in [-0.05, 0) is 25.0 Å². The van der Waals surface area contributed by atoms with E-state index in [-0.39, 0.29) is 11.7 Å². The summed E-state index contributed by atoms with van der Waals surface area (Å²) in [4.78, 5) is 33.3. The Bertz CT molecular complexity index is 718. The average molecular weight is 389 g/mol. The normalized spacial score (nSPS) is 14.6. The number of benzene rings is 1. The van der Waals surface area contributed by atoms with Gasteiger partial charge in [-0.1, -0.05) is 12.8 Å². The molecule has 0 aliphatic heterocycles. The van der Waals surface area contributed by atoms with E-state index in [2.05, 4.69) is 10.6 Å². The zero-order valence-corrected chi connectivity index (χ0v) is 14.2. The molecule has 1 aromatic carbocycles. The fourth-order valence-electron chi connectivity index (χ4n) is 2.71. The summed E-state index contributed by atoms with van der Waals surface area (Å²) in [5, 5.41) is 16.0. The van der Waals surface area contributed by atoms with Gasteiger partial charge in [-0.3, -0.25) is 19.7 Å². The van der Waals surface area contributed by atoms with Crippen LogP contribution in [0.3, 0.4) is 0 Å². The zero-order chi connectivity index (χ0) is 20.0. The molecule has 1 saturated carbocycles. The van der Waals surface area contributed by atoms with Crippen molar-refractivity contribution in [2.75, 3.05) is 18.5 Å². The standard InChI is InChI=1S/C16H18F3N3O5/c17-16(18,19)10-5-6-12(13(7-10)22(25)26)20-8-15(24)27-9-14(23)21-11-3-1-2-4-11/h5-7,11,20H,1-4,8-9H2,(H,21,23). The summed E-state index contributed by atoms with van der Waals surface area (Å²) in [6, 6.07) is 1.98. The van der Waals surface area contributed by atoms with E-state index in [4.69, 9.17) is 4.74 Å². The maximum absolute atomic E-state index is 12.6. The summed E-state index contributed by atoms with van der Waals surface area (Å²) < 4.78 is 42.7. The molecule has 0 radical (unpaired) electrons. The summed E-state index contributed by atoms with van der Waals surface area (Å²) >= 11 is 0. The molecule has 0 unspecified atom stereocenters. The lowest BCUT2D eigenvalue weighted by atomic mass is 10.1. The maximum atomic E-state index is 12.6. The Morgan fingerprint density at radius 1 is 1.26 bits per heavy atom. The third-order valence-corrected chi connectivity index (χ3v) is 4.03. The summed E-state index contributed by atoms with van der Waals surface area (Å²) in [5.41, 5.74) is -2.26. The van der Waals surface area contributed by atoms with Gasteiger partial charge < -0.3 is 15.4 Å². The number of hydrogen-bond donors (Lipinski definition) is 2. The average Bonchev–Trinajstić information content (AvgIpc) is 3.10. The highest BCUT2D eigenvalue weighted by Crippen LogP contribution is 2.34. The van der Waals surface area contributed by atoms with Crippen molar-refractivity contribution in [3.63, 3.8) is 0 Å². The highest BCUT2D eigenvalue weighted by molar-refractivity contribution is 5.82. The van der Waals surface area contributed by atoms with Gasteiger partial charge >= 0.3 is 12.1 Å². The minimum Gasteiger partial charge on any atom is -0.454 e. The highest BCUT2D eigenvalue weighted by atomic mass is 19.4. The fraction of sp³-hybridized carbons (Fsp3) is 0.500. The van der Waals surface area contributed by atoms with Gasteiger partial charge in [-0.15, -0.1) is 0 Å². The molecular weight excluding hydrogens is 371 g/mol. The van der Waals surface area contributed by atoms with Crippen molar-refractivity contribution in [3.05, 3.63) is 33.9 Å². The number of nitrogens with one attached hydrogen (secondary N) is 2. The van der Waals surface area contributed by atoms with E-state index in [1.807, 2.05) is 0 Å². The maximum Gasteiger partial charge on any atom is 0.416 e. The van der Waals surface area contributed by atoms with E-state index < -0.39 is 47.4 Å². The molecular formula is C16H18F3N3O5. The number of esters is 1. The lowest BCUT2D eigenvalue weighted by molar-refractivity contribution is -0.384. The lowest BCUT2D eigenvalue weighted by Crippen LogP contribution is -2.36. The minimum absolute atomic E-state index is 0.0733. The number of carbonyl (C=O) groups is 2. The van der Waals surface area contributed by atoms with E-state index in [0.29, 0.717) is 12.1 Å². The van der Waals surface area contributed by atoms with Gasteiger partial charge in [-0.2, -0.15) is 13.2 Å². The summed E-state index contributed by atoms with van der Waals surface area (Å²) in [6.45, 7) is -1.03. The Kier molecular flexibility index (Phi) is 6.59. The molecule has 0 spiro atoms. The van der Waals surface area contributed by atoms with Crippen LogP contribution in [0.15, 0.2) is 18.2 Å². The first kappa shape index (κ1) is 20.5. The molecule has 11 heteroatoms. The molecule has 2 rings (SSSR count). The Hall–Kier alpha value is -2.85. The van der Waals surface area contributed by atoms with Crippen LogP contribution < -0.4 is 10.6 Å². The van der Waals surface area contributed by atoms with Crippen LogP contribution in [0.25, 0.3) is 0 Å². The van der Waals surface area contributed by atoms with Gasteiger partial charge in [0.05, 0.1) is 10.5 Å². The molecule has 27 heavy (non-hydrogen) atoms. The predicted molar refractivity (Wildman–Crippen MR) is 87.9 cm³/mol. The molecule has 148 valence electrons. The number of rotatable bonds is 7. The van der Waals surface area contributed by atoms with Crippen LogP contribution in [0.5, 0.6) is 0 Å². The van der Waals surface area contributed by atoms with Gasteiger partial charge in [0.25, 0.3) is 11.6 Å². The first-order valence-electron chi connectivity index (χ1n) is 8.21. The van der Waals surface area contributed by atoms with E-state index in [1.54, 1.807) is 0 Å². The number of amides is 1. The third kappa shape index (κ3) is 6.12. The van der Waals surface area contributed by atoms with Crippen LogP contribution in [0.2, 0.25) is 0 Å². The smallest absolute Gasteiger partial charge is 0.416 e. The number of nitro benzene ring substituents is 1. The number of anilines is 1. The fourth-order valence-corrected chi connectivity index (χ4v) is 2.71. The van der Waals surface area contributed by atoms with Crippen molar-refractivity contribution in [1.29, 1.82) is 0 Å². The second-order valence-corrected chi connectivity index (χ2v) is 6.05. The van der Waals surface area contributed by atoms with Crippen LogP contribution in [0, 0.1) is 10.1 Å². The Balaban J connectivity index is 1.86. The molecule has 0 saturated heterocycles. The van der Waals surface area contributed by atoms with Crippen molar-refractivity contribution in [1.82, 2.24) is 5.32 Å². The molecule has 1 aromatic rings. The first-order chi connectivity index (χ1) is 12.7. The van der Waals surface area contributed by atoms with Gasteiger partial charge in [-0.25, -0.2) is 0 Å². The quantitative estimate of drug-likeness (QED) is 0.421. The summed E-state index contributed by atoms with van der Waals surface area (Å²) in [5.74, 6) is -1.32. The van der Waals surface area contributed by atoms with Gasteiger partial charge in [0.15, 0.2) is 6.61 Å². The zero-order valence-electron chi connectivity index (χ0n) is 14.2. The van der Waals surface area contributed by atoms with Gasteiger partial charge in [0, 0.05) is 12.1 Å². The lowest BCUT2D eigenvalue weighted by Gasteiger charge is -2.12. The van der Waals surface area contributed by atoms with Crippen molar-refractivity contribution in [2.24, 2.45) is 0 Å². The number of hydrogen-bond acceptors (Lipinski definition) is 6. The van der Waals surface area contributed by atoms with Gasteiger partial charge in [0.1, 0.15) is 12.2 Å². The van der Waals surface area contributed by atoms with Crippen LogP contribution in [-0.4, -0.2) is 36.0 Å². The molecule has 1 amide bonds. The van der Waals surface area contributed by atoms with E-state index in [1.165, 1.54) is 0 Å². The molecule has 1 aliphatic carbocycles. The first-order valence-corrected chi connectivity index (χ1v) is 8.21. The second kappa shape index (κ2) is 8.69. The van der Waals surface area contributed by atoms with Crippen LogP contribution in [0.4, 0.5) is 24.5 Å². The van der Waals surface area contributed by atoms with E-state index in [9.17, 15) is 32.9 Å². The van der Waals surface area contributed by atoms with Crippen LogP contribution >= 0.6 is 0 Å². The number of halogens is 3. The topological polar surface area (TPSA) is 111 Å². The SMILES string of the molecule is O=C(COC(=O)CNc1ccc(C(F)(F)F)cc1[N+](=O)[O-])NC1CCCC1. The highest BCUT2D eigenvalue weighted by Gasteiger charge is 2.33. The van der Waals surface area contributed by atoms with Crippen LogP contribution in [0.1, 0.15) is 31.2 Å². The molecule has 0 atom stereocenters. The van der Waals surface area contributed by atoms with Crippen molar-refractivity contribution < 1.29 is 32.4 Å². The number of alkyl halides is 3. The van der Waals surface area contributed by atoms with E-state index >= 15 is 0 Å². The molecule has 0 aromatic heterocycles. The van der Waals surface area contributed by atoms with Crippen LogP contribution in [-0.2, 0) is 20.5 Å². The third-order valence-electron chi connectivity index (χ3n) is 4.03. The van der Waals surface area contributed by atoms with Crippen molar-refractivity contribution >= 4 is 23.3 Å². The Morgan fingerprint density at radius 3 is 2.52 bits per heavy atom. The predicted octanol–water partition coefficient (Wildman–Crippen LogP) is 2.63. The molecule has 0 heterocycles. The van der Waals surface area contributed by atoms with Gasteiger partial charge in [0.2, 0.25) is 0 Å². The molecule has 1 aliphatic rings. The molecule has 8 nitrogen and oxygen atoms in total. The summed E-state index contributed by atoms with van der Waals surface area (Å²) in [6.07, 6.45) is -0.923. The Morgan fingerprint density at radius 2 is 1.93 bits per heavy atom. The minimum atomic E-state index is -4.73. The Labute approximate surface area is 152 Å². The monoisotopic (exact) mass is 389 g/mol. The summed E-state index contributed by atoms with van der Waals surface area (Å²) in [7, 11) is 0. The number of nitro groups is 1. The van der Waals surface area contributed by atoms with E-state index in [0.717, 1.165) is 31.7 Å². The number of ether oxygens (including phenoxy) is 1. The van der Waals surface area contributed by atoms with Crippen molar-refractivity contribution in [3.8, 4) is 0 Å². The second-order valence-electron chi connectivity index (χ2n) is 6.05.